The van der Waals surface area contributed by atoms with Crippen LogP contribution in [0.1, 0.15) is 32.3 Å². The smallest absolute Gasteiger partial charge is 0.264 e. The number of hydrogen-bond donors (Lipinski definition) is 1. The van der Waals surface area contributed by atoms with Gasteiger partial charge in [0.15, 0.2) is 0 Å². The second-order valence-corrected chi connectivity index (χ2v) is 10.9. The Bertz CT molecular complexity index is 1360. The number of carbonyl (C=O) groups is 2. The highest BCUT2D eigenvalue weighted by Crippen LogP contribution is 2.32. The Hall–Kier alpha value is -4.05. The van der Waals surface area contributed by atoms with E-state index in [2.05, 4.69) is 5.32 Å². The van der Waals surface area contributed by atoms with Crippen LogP contribution >= 0.6 is 0 Å². The van der Waals surface area contributed by atoms with Crippen molar-refractivity contribution in [1.29, 1.82) is 0 Å². The van der Waals surface area contributed by atoms with Gasteiger partial charge >= 0.3 is 0 Å². The van der Waals surface area contributed by atoms with Gasteiger partial charge in [0.2, 0.25) is 11.8 Å². The van der Waals surface area contributed by atoms with Crippen LogP contribution in [0.5, 0.6) is 11.5 Å². The van der Waals surface area contributed by atoms with Crippen molar-refractivity contribution in [2.45, 2.75) is 44.2 Å². The third-order valence-electron chi connectivity index (χ3n) is 6.41. The van der Waals surface area contributed by atoms with E-state index in [0.29, 0.717) is 24.5 Å². The minimum absolute atomic E-state index is 0.0307. The van der Waals surface area contributed by atoms with E-state index in [1.54, 1.807) is 61.7 Å². The van der Waals surface area contributed by atoms with Gasteiger partial charge in [0.1, 0.15) is 24.1 Å². The largest absolute Gasteiger partial charge is 0.497 e. The number of rotatable bonds is 14. The van der Waals surface area contributed by atoms with Gasteiger partial charge < -0.3 is 19.7 Å². The Balaban J connectivity index is 2.07. The first-order valence-electron chi connectivity index (χ1n) is 13.2. The number of anilines is 1. The molecule has 10 heteroatoms. The predicted molar refractivity (Wildman–Crippen MR) is 155 cm³/mol. The van der Waals surface area contributed by atoms with E-state index < -0.39 is 28.5 Å². The lowest BCUT2D eigenvalue weighted by atomic mass is 10.1. The first kappa shape index (κ1) is 30.5. The van der Waals surface area contributed by atoms with Crippen molar-refractivity contribution in [1.82, 2.24) is 10.2 Å². The van der Waals surface area contributed by atoms with Crippen molar-refractivity contribution in [2.75, 3.05) is 31.6 Å². The second-order valence-electron chi connectivity index (χ2n) is 9.08. The monoisotopic (exact) mass is 567 g/mol. The molecule has 40 heavy (non-hydrogen) atoms. The molecule has 0 saturated heterocycles. The molecule has 0 aliphatic heterocycles. The van der Waals surface area contributed by atoms with Crippen LogP contribution in [0.3, 0.4) is 0 Å². The van der Waals surface area contributed by atoms with Gasteiger partial charge in [0, 0.05) is 13.1 Å². The molecule has 214 valence electrons. The van der Waals surface area contributed by atoms with Crippen molar-refractivity contribution in [2.24, 2.45) is 0 Å². The molecule has 1 N–H and O–H groups in total. The van der Waals surface area contributed by atoms with E-state index in [0.717, 1.165) is 16.3 Å². The zero-order valence-corrected chi connectivity index (χ0v) is 24.2. The van der Waals surface area contributed by atoms with E-state index in [4.69, 9.17) is 9.47 Å². The first-order valence-corrected chi connectivity index (χ1v) is 14.6. The summed E-state index contributed by atoms with van der Waals surface area (Å²) in [4.78, 5) is 28.7. The number of amides is 2. The summed E-state index contributed by atoms with van der Waals surface area (Å²) in [6, 6.07) is 20.9. The summed E-state index contributed by atoms with van der Waals surface area (Å²) in [7, 11) is -1.17. The minimum Gasteiger partial charge on any atom is -0.497 e. The molecule has 0 saturated carbocycles. The summed E-state index contributed by atoms with van der Waals surface area (Å²) in [6.45, 7) is 3.80. The summed E-state index contributed by atoms with van der Waals surface area (Å²) in [6.07, 6.45) is 1.09. The van der Waals surface area contributed by atoms with Crippen molar-refractivity contribution >= 4 is 27.5 Å². The third-order valence-corrected chi connectivity index (χ3v) is 8.19. The maximum atomic E-state index is 14.1. The van der Waals surface area contributed by atoms with E-state index in [1.165, 1.54) is 24.1 Å². The number of nitrogens with one attached hydrogen (secondary N) is 1. The van der Waals surface area contributed by atoms with Crippen LogP contribution in [0.25, 0.3) is 0 Å². The lowest BCUT2D eigenvalue weighted by molar-refractivity contribution is -0.140. The number of methoxy groups -OCH3 is 2. The molecule has 0 fully saturated rings. The molecule has 1 unspecified atom stereocenters. The molecule has 2 amide bonds. The van der Waals surface area contributed by atoms with Crippen LogP contribution in [0.4, 0.5) is 5.69 Å². The fourth-order valence-electron chi connectivity index (χ4n) is 4.28. The molecule has 0 spiro atoms. The zero-order valence-electron chi connectivity index (χ0n) is 23.4. The SMILES string of the molecule is CCCNC(=O)C(CC)N(Cc1ccc(OC)cc1)C(=O)CN(c1ccccc1OC)S(=O)(=O)c1ccccc1. The summed E-state index contributed by atoms with van der Waals surface area (Å²) in [5.41, 5.74) is 0.987. The van der Waals surface area contributed by atoms with Gasteiger partial charge in [0.05, 0.1) is 24.8 Å². The van der Waals surface area contributed by atoms with Gasteiger partial charge in [-0.05, 0) is 54.8 Å². The lowest BCUT2D eigenvalue weighted by Gasteiger charge is -2.33. The van der Waals surface area contributed by atoms with E-state index in [-0.39, 0.29) is 23.0 Å². The Labute approximate surface area is 236 Å². The third kappa shape index (κ3) is 7.32. The normalized spacial score (nSPS) is 11.8. The molecule has 3 aromatic rings. The first-order chi connectivity index (χ1) is 19.3. The molecule has 0 aliphatic carbocycles. The van der Waals surface area contributed by atoms with Gasteiger partial charge in [-0.1, -0.05) is 56.3 Å². The summed E-state index contributed by atoms with van der Waals surface area (Å²) >= 11 is 0. The van der Waals surface area contributed by atoms with Crippen LogP contribution in [0, 0.1) is 0 Å². The van der Waals surface area contributed by atoms with Crippen molar-refractivity contribution in [3.63, 3.8) is 0 Å². The standard InChI is InChI=1S/C30H37N3O6S/c1-5-20-31-30(35)26(6-2)32(21-23-16-18-24(38-3)19-17-23)29(34)22-33(27-14-10-11-15-28(27)39-4)40(36,37)25-12-8-7-9-13-25/h7-19,26H,5-6,20-22H2,1-4H3,(H,31,35). The van der Waals surface area contributed by atoms with Crippen LogP contribution < -0.4 is 19.1 Å². The Kier molecular flexibility index (Phi) is 11.0. The van der Waals surface area contributed by atoms with E-state index in [1.807, 2.05) is 26.0 Å². The van der Waals surface area contributed by atoms with Crippen LogP contribution in [0.15, 0.2) is 83.8 Å². The molecule has 0 bridgehead atoms. The van der Waals surface area contributed by atoms with E-state index >= 15 is 0 Å². The molecular formula is C30H37N3O6S. The summed E-state index contributed by atoms with van der Waals surface area (Å²) in [5.74, 6) is 0.135. The molecular weight excluding hydrogens is 530 g/mol. The molecule has 3 rings (SSSR count). The lowest BCUT2D eigenvalue weighted by Crippen LogP contribution is -2.52. The predicted octanol–water partition coefficient (Wildman–Crippen LogP) is 4.23. The molecule has 1 atom stereocenters. The highest BCUT2D eigenvalue weighted by Gasteiger charge is 2.34. The van der Waals surface area contributed by atoms with Gasteiger partial charge in [0.25, 0.3) is 10.0 Å². The molecule has 0 aliphatic rings. The van der Waals surface area contributed by atoms with Gasteiger partial charge in [-0.3, -0.25) is 13.9 Å². The maximum Gasteiger partial charge on any atom is 0.264 e. The van der Waals surface area contributed by atoms with Crippen molar-refractivity contribution in [3.05, 3.63) is 84.4 Å². The number of sulfonamides is 1. The number of para-hydroxylation sites is 2. The fraction of sp³-hybridized carbons (Fsp3) is 0.333. The summed E-state index contributed by atoms with van der Waals surface area (Å²) in [5, 5.41) is 2.88. The number of nitrogens with zero attached hydrogens (tertiary/aromatic N) is 2. The van der Waals surface area contributed by atoms with Crippen molar-refractivity contribution < 1.29 is 27.5 Å². The highest BCUT2D eigenvalue weighted by molar-refractivity contribution is 7.92. The van der Waals surface area contributed by atoms with Crippen molar-refractivity contribution in [3.8, 4) is 11.5 Å². The molecule has 3 aromatic carbocycles. The van der Waals surface area contributed by atoms with Gasteiger partial charge in [-0.15, -0.1) is 0 Å². The Morgan fingerprint density at radius 2 is 1.52 bits per heavy atom. The van der Waals surface area contributed by atoms with Crippen LogP contribution in [0.2, 0.25) is 0 Å². The maximum absolute atomic E-state index is 14.1. The number of hydrogen-bond acceptors (Lipinski definition) is 6. The average Bonchev–Trinajstić information content (AvgIpc) is 2.99. The number of carbonyl (C=O) groups excluding carboxylic acids is 2. The molecule has 0 heterocycles. The molecule has 0 radical (unpaired) electrons. The summed E-state index contributed by atoms with van der Waals surface area (Å²) < 4.78 is 39.6. The number of benzene rings is 3. The Morgan fingerprint density at radius 3 is 2.12 bits per heavy atom. The van der Waals surface area contributed by atoms with Gasteiger partial charge in [-0.2, -0.15) is 0 Å². The second kappa shape index (κ2) is 14.4. The van der Waals surface area contributed by atoms with Gasteiger partial charge in [-0.25, -0.2) is 8.42 Å². The number of ether oxygens (including phenoxy) is 2. The molecule has 0 aromatic heterocycles. The Morgan fingerprint density at radius 1 is 0.875 bits per heavy atom. The minimum atomic E-state index is -4.18. The quantitative estimate of drug-likeness (QED) is 0.313. The highest BCUT2D eigenvalue weighted by atomic mass is 32.2. The van der Waals surface area contributed by atoms with Crippen LogP contribution in [-0.2, 0) is 26.2 Å². The fourth-order valence-corrected chi connectivity index (χ4v) is 5.73. The molecule has 9 nitrogen and oxygen atoms in total. The van der Waals surface area contributed by atoms with E-state index in [9.17, 15) is 18.0 Å². The average molecular weight is 568 g/mol. The zero-order chi connectivity index (χ0) is 29.1. The van der Waals surface area contributed by atoms with Crippen LogP contribution in [-0.4, -0.2) is 58.5 Å². The topological polar surface area (TPSA) is 105 Å².